The molecule has 0 aliphatic heterocycles. The van der Waals surface area contributed by atoms with Gasteiger partial charge in [0.2, 0.25) is 5.82 Å². The van der Waals surface area contributed by atoms with Crippen LogP contribution in [-0.4, -0.2) is 4.92 Å². The van der Waals surface area contributed by atoms with E-state index >= 15 is 0 Å². The van der Waals surface area contributed by atoms with Crippen molar-refractivity contribution < 1.29 is 14.1 Å². The Bertz CT molecular complexity index is 728. The molecular weight excluding hydrogens is 287 g/mol. The largest absolute Gasteiger partial charge is 0.456 e. The van der Waals surface area contributed by atoms with E-state index in [0.29, 0.717) is 0 Å². The van der Waals surface area contributed by atoms with Crippen LogP contribution < -0.4 is 4.74 Å². The second-order valence-electron chi connectivity index (χ2n) is 3.70. The van der Waals surface area contributed by atoms with Crippen molar-refractivity contribution in [1.29, 1.82) is 5.26 Å². The number of nitrogens with zero attached hydrogens (tertiary/aromatic N) is 2. The van der Waals surface area contributed by atoms with Crippen molar-refractivity contribution in [3.63, 3.8) is 0 Å². The average Bonchev–Trinajstić information content (AvgIpc) is 2.38. The highest BCUT2D eigenvalue weighted by Gasteiger charge is 2.15. The number of nitro benzene ring substituents is 1. The first kappa shape index (κ1) is 13.8. The molecule has 0 radical (unpaired) electrons. The van der Waals surface area contributed by atoms with E-state index in [1.807, 2.05) is 6.07 Å². The molecule has 2 rings (SSSR count). The van der Waals surface area contributed by atoms with Gasteiger partial charge >= 0.3 is 5.69 Å². The number of hydrogen-bond acceptors (Lipinski definition) is 4. The van der Waals surface area contributed by atoms with E-state index < -0.39 is 16.4 Å². The van der Waals surface area contributed by atoms with Gasteiger partial charge in [0.15, 0.2) is 0 Å². The van der Waals surface area contributed by atoms with Crippen LogP contribution in [0.25, 0.3) is 0 Å². The molecule has 2 aromatic carbocycles. The predicted molar refractivity (Wildman–Crippen MR) is 69.3 cm³/mol. The molecular formula is C13H6ClFN2O3. The molecule has 0 bridgehead atoms. The second-order valence-corrected chi connectivity index (χ2v) is 4.10. The molecule has 0 aliphatic carbocycles. The average molecular weight is 293 g/mol. The number of ether oxygens (including phenoxy) is 1. The topological polar surface area (TPSA) is 76.2 Å². The van der Waals surface area contributed by atoms with Crippen LogP contribution in [0.3, 0.4) is 0 Å². The number of rotatable bonds is 3. The lowest BCUT2D eigenvalue weighted by Crippen LogP contribution is -1.94. The van der Waals surface area contributed by atoms with Gasteiger partial charge in [-0.25, -0.2) is 0 Å². The van der Waals surface area contributed by atoms with Crippen LogP contribution in [0.2, 0.25) is 5.02 Å². The highest BCUT2D eigenvalue weighted by molar-refractivity contribution is 6.31. The van der Waals surface area contributed by atoms with Crippen molar-refractivity contribution in [3.8, 4) is 17.6 Å². The van der Waals surface area contributed by atoms with E-state index in [0.717, 1.165) is 12.1 Å². The van der Waals surface area contributed by atoms with Gasteiger partial charge in [0, 0.05) is 12.1 Å². The van der Waals surface area contributed by atoms with Gasteiger partial charge in [0.1, 0.15) is 23.1 Å². The Hall–Kier alpha value is -2.65. The molecule has 0 aliphatic rings. The minimum absolute atomic E-state index is 0.0341. The van der Waals surface area contributed by atoms with Gasteiger partial charge in [-0.1, -0.05) is 17.7 Å². The number of nitriles is 1. The Morgan fingerprint density at radius 2 is 2.10 bits per heavy atom. The lowest BCUT2D eigenvalue weighted by Gasteiger charge is -2.08. The summed E-state index contributed by atoms with van der Waals surface area (Å²) in [5, 5.41) is 19.7. The summed E-state index contributed by atoms with van der Waals surface area (Å²) in [6.45, 7) is 0. The Kier molecular flexibility index (Phi) is 3.82. The fraction of sp³-hybridized carbons (Fsp3) is 0. The SMILES string of the molecule is N#Cc1c(Cl)cccc1Oc1ccc([N+](=O)[O-])c(F)c1. The second kappa shape index (κ2) is 5.55. The number of halogens is 2. The first-order chi connectivity index (χ1) is 9.52. The van der Waals surface area contributed by atoms with E-state index in [1.165, 1.54) is 18.2 Å². The highest BCUT2D eigenvalue weighted by atomic mass is 35.5. The Labute approximate surface area is 117 Å². The molecule has 0 N–H and O–H groups in total. The summed E-state index contributed by atoms with van der Waals surface area (Å²) < 4.78 is 18.8. The number of nitro groups is 1. The van der Waals surface area contributed by atoms with E-state index in [4.69, 9.17) is 21.6 Å². The summed E-state index contributed by atoms with van der Waals surface area (Å²) in [6.07, 6.45) is 0. The molecule has 0 saturated heterocycles. The summed E-state index contributed by atoms with van der Waals surface area (Å²) in [5.41, 5.74) is -0.545. The third-order valence-corrected chi connectivity index (χ3v) is 2.75. The molecule has 2 aromatic rings. The van der Waals surface area contributed by atoms with Crippen LogP contribution >= 0.6 is 11.6 Å². The summed E-state index contributed by atoms with van der Waals surface area (Å²) >= 11 is 5.83. The molecule has 0 aromatic heterocycles. The minimum atomic E-state index is -1.02. The highest BCUT2D eigenvalue weighted by Crippen LogP contribution is 2.31. The first-order valence-corrected chi connectivity index (χ1v) is 5.71. The van der Waals surface area contributed by atoms with Crippen molar-refractivity contribution in [2.45, 2.75) is 0 Å². The van der Waals surface area contributed by atoms with Crippen LogP contribution in [0.5, 0.6) is 11.5 Å². The van der Waals surface area contributed by atoms with Crippen LogP contribution in [0.1, 0.15) is 5.56 Å². The fourth-order valence-corrected chi connectivity index (χ4v) is 1.73. The van der Waals surface area contributed by atoms with Gasteiger partial charge in [0.05, 0.1) is 9.95 Å². The quantitative estimate of drug-likeness (QED) is 0.631. The molecule has 0 saturated carbocycles. The van der Waals surface area contributed by atoms with Crippen molar-refractivity contribution in [2.75, 3.05) is 0 Å². The summed E-state index contributed by atoms with van der Waals surface area (Å²) in [6, 6.07) is 9.55. The Morgan fingerprint density at radius 1 is 1.35 bits per heavy atom. The zero-order chi connectivity index (χ0) is 14.7. The molecule has 0 heterocycles. The smallest absolute Gasteiger partial charge is 0.305 e. The summed E-state index contributed by atoms with van der Waals surface area (Å²) in [7, 11) is 0. The summed E-state index contributed by atoms with van der Waals surface area (Å²) in [4.78, 5) is 9.67. The van der Waals surface area contributed by atoms with Gasteiger partial charge in [-0.3, -0.25) is 10.1 Å². The molecule has 5 nitrogen and oxygen atoms in total. The van der Waals surface area contributed by atoms with Crippen molar-refractivity contribution in [3.05, 3.63) is 62.9 Å². The maximum atomic E-state index is 13.5. The maximum absolute atomic E-state index is 13.5. The van der Waals surface area contributed by atoms with E-state index in [9.17, 15) is 14.5 Å². The Balaban J connectivity index is 2.37. The van der Waals surface area contributed by atoms with Gasteiger partial charge in [-0.15, -0.1) is 0 Å². The number of hydrogen-bond donors (Lipinski definition) is 0. The van der Waals surface area contributed by atoms with Gasteiger partial charge in [0.25, 0.3) is 0 Å². The molecule has 100 valence electrons. The molecule has 20 heavy (non-hydrogen) atoms. The van der Waals surface area contributed by atoms with Crippen LogP contribution in [0.15, 0.2) is 36.4 Å². The molecule has 0 fully saturated rings. The van der Waals surface area contributed by atoms with E-state index in [2.05, 4.69) is 0 Å². The third-order valence-electron chi connectivity index (χ3n) is 2.43. The zero-order valence-electron chi connectivity index (χ0n) is 9.84. The fourth-order valence-electron chi connectivity index (χ4n) is 1.52. The molecule has 0 spiro atoms. The lowest BCUT2D eigenvalue weighted by atomic mass is 10.2. The molecule has 7 heteroatoms. The van der Waals surface area contributed by atoms with Gasteiger partial charge in [-0.2, -0.15) is 9.65 Å². The third kappa shape index (κ3) is 2.68. The summed E-state index contributed by atoms with van der Waals surface area (Å²) in [5.74, 6) is -0.840. The Morgan fingerprint density at radius 3 is 2.70 bits per heavy atom. The minimum Gasteiger partial charge on any atom is -0.456 e. The molecule has 0 atom stereocenters. The van der Waals surface area contributed by atoms with Crippen molar-refractivity contribution in [1.82, 2.24) is 0 Å². The maximum Gasteiger partial charge on any atom is 0.305 e. The predicted octanol–water partition coefficient (Wildman–Crippen LogP) is 4.05. The van der Waals surface area contributed by atoms with Crippen LogP contribution in [0.4, 0.5) is 10.1 Å². The van der Waals surface area contributed by atoms with E-state index in [-0.39, 0.29) is 22.1 Å². The monoisotopic (exact) mass is 292 g/mol. The van der Waals surface area contributed by atoms with E-state index in [1.54, 1.807) is 6.07 Å². The van der Waals surface area contributed by atoms with Crippen LogP contribution in [0, 0.1) is 27.3 Å². The lowest BCUT2D eigenvalue weighted by molar-refractivity contribution is -0.387. The van der Waals surface area contributed by atoms with Crippen molar-refractivity contribution >= 4 is 17.3 Å². The normalized spacial score (nSPS) is 9.85. The first-order valence-electron chi connectivity index (χ1n) is 5.33. The molecule has 0 unspecified atom stereocenters. The van der Waals surface area contributed by atoms with Crippen molar-refractivity contribution in [2.24, 2.45) is 0 Å². The number of benzene rings is 2. The zero-order valence-corrected chi connectivity index (χ0v) is 10.6. The van der Waals surface area contributed by atoms with Gasteiger partial charge in [-0.05, 0) is 18.2 Å². The molecule has 0 amide bonds. The standard InChI is InChI=1S/C13H6ClFN2O3/c14-10-2-1-3-13(9(10)7-16)20-8-4-5-12(17(18)19)11(15)6-8/h1-6H. The van der Waals surface area contributed by atoms with Gasteiger partial charge < -0.3 is 4.74 Å². The van der Waals surface area contributed by atoms with Crippen LogP contribution in [-0.2, 0) is 0 Å².